The van der Waals surface area contributed by atoms with Crippen LogP contribution in [0.15, 0.2) is 34.5 Å². The van der Waals surface area contributed by atoms with Crippen molar-refractivity contribution in [1.29, 1.82) is 5.26 Å². The van der Waals surface area contributed by atoms with E-state index in [1.165, 1.54) is 18.2 Å². The summed E-state index contributed by atoms with van der Waals surface area (Å²) in [6.45, 7) is 1.61. The number of aromatic hydroxyl groups is 1. The summed E-state index contributed by atoms with van der Waals surface area (Å²) in [4.78, 5) is 0.327. The van der Waals surface area contributed by atoms with Crippen LogP contribution in [0.1, 0.15) is 10.4 Å². The molecule has 0 amide bonds. The predicted octanol–water partition coefficient (Wildman–Crippen LogP) is 2.43. The highest BCUT2D eigenvalue weighted by Crippen LogP contribution is 2.28. The number of nitriles is 1. The van der Waals surface area contributed by atoms with Gasteiger partial charge in [-0.1, -0.05) is 6.07 Å². The summed E-state index contributed by atoms with van der Waals surface area (Å²) in [6.07, 6.45) is 0. The number of thiophene rings is 1. The molecule has 0 radical (unpaired) electrons. The van der Waals surface area contributed by atoms with Crippen LogP contribution in [0.4, 0.5) is 5.69 Å². The minimum Gasteiger partial charge on any atom is -0.508 e. The molecule has 0 saturated heterocycles. The van der Waals surface area contributed by atoms with Gasteiger partial charge in [-0.3, -0.25) is 4.72 Å². The molecule has 2 rings (SSSR count). The minimum absolute atomic E-state index is 0.0177. The molecule has 0 atom stereocenters. The predicted molar refractivity (Wildman–Crippen MR) is 72.7 cm³/mol. The Morgan fingerprint density at radius 2 is 2.05 bits per heavy atom. The van der Waals surface area contributed by atoms with Gasteiger partial charge in [-0.2, -0.15) is 5.26 Å². The van der Waals surface area contributed by atoms with Crippen molar-refractivity contribution in [3.8, 4) is 11.8 Å². The summed E-state index contributed by atoms with van der Waals surface area (Å²) in [5.41, 5.74) is 0.759. The second kappa shape index (κ2) is 4.91. The Morgan fingerprint density at radius 3 is 2.68 bits per heavy atom. The second-order valence-electron chi connectivity index (χ2n) is 3.79. The van der Waals surface area contributed by atoms with Gasteiger partial charge in [0.25, 0.3) is 10.0 Å². The quantitative estimate of drug-likeness (QED) is 0.909. The van der Waals surface area contributed by atoms with Gasteiger partial charge in [0.1, 0.15) is 20.9 Å². The molecule has 0 spiro atoms. The van der Waals surface area contributed by atoms with Crippen LogP contribution in [0, 0.1) is 18.3 Å². The summed E-state index contributed by atoms with van der Waals surface area (Å²) in [5.74, 6) is 0.0177. The molecule has 7 heteroatoms. The van der Waals surface area contributed by atoms with E-state index in [0.717, 1.165) is 11.3 Å². The zero-order valence-electron chi connectivity index (χ0n) is 9.91. The summed E-state index contributed by atoms with van der Waals surface area (Å²) in [6, 6.07) is 9.31. The van der Waals surface area contributed by atoms with Crippen molar-refractivity contribution in [2.45, 2.75) is 11.1 Å². The Labute approximate surface area is 114 Å². The van der Waals surface area contributed by atoms with E-state index < -0.39 is 10.0 Å². The van der Waals surface area contributed by atoms with E-state index in [4.69, 9.17) is 5.26 Å². The van der Waals surface area contributed by atoms with Crippen LogP contribution in [0.3, 0.4) is 0 Å². The topological polar surface area (TPSA) is 90.2 Å². The number of benzene rings is 1. The van der Waals surface area contributed by atoms with Gasteiger partial charge in [0, 0.05) is 5.56 Å². The number of phenols is 1. The first-order valence-corrected chi connectivity index (χ1v) is 7.55. The van der Waals surface area contributed by atoms with Gasteiger partial charge in [-0.15, -0.1) is 11.3 Å². The van der Waals surface area contributed by atoms with Crippen molar-refractivity contribution in [3.05, 3.63) is 40.8 Å². The third-order valence-electron chi connectivity index (χ3n) is 2.51. The maximum Gasteiger partial charge on any atom is 0.271 e. The van der Waals surface area contributed by atoms with Crippen molar-refractivity contribution in [3.63, 3.8) is 0 Å². The molecule has 1 aromatic heterocycles. The average Bonchev–Trinajstić information content (AvgIpc) is 2.84. The maximum absolute atomic E-state index is 12.1. The van der Waals surface area contributed by atoms with Crippen molar-refractivity contribution < 1.29 is 13.5 Å². The Kier molecular flexibility index (Phi) is 3.46. The van der Waals surface area contributed by atoms with Gasteiger partial charge < -0.3 is 5.11 Å². The Hall–Kier alpha value is -2.04. The summed E-state index contributed by atoms with van der Waals surface area (Å²) in [7, 11) is -3.74. The molecule has 0 aliphatic carbocycles. The third kappa shape index (κ3) is 2.70. The van der Waals surface area contributed by atoms with Crippen molar-refractivity contribution in [2.75, 3.05) is 4.72 Å². The molecule has 0 fully saturated rings. The first-order valence-electron chi connectivity index (χ1n) is 5.25. The second-order valence-corrected chi connectivity index (χ2v) is 6.78. The lowest BCUT2D eigenvalue weighted by atomic mass is 10.2. The fraction of sp³-hybridized carbons (Fsp3) is 0.0833. The van der Waals surface area contributed by atoms with Crippen LogP contribution in [-0.2, 0) is 10.0 Å². The highest BCUT2D eigenvalue weighted by molar-refractivity contribution is 7.94. The zero-order chi connectivity index (χ0) is 14.0. The number of anilines is 1. The summed E-state index contributed by atoms with van der Waals surface area (Å²) >= 11 is 0.895. The molecule has 0 saturated carbocycles. The minimum atomic E-state index is -3.74. The summed E-state index contributed by atoms with van der Waals surface area (Å²) in [5, 5.41) is 18.2. The highest BCUT2D eigenvalue weighted by atomic mass is 32.2. The standard InChI is InChI=1S/C12H10N2O3S2/c1-8-10(3-2-4-11(8)15)14-19(16,17)12-6-5-9(7-13)18-12/h2-6,14-15H,1H3. The molecular formula is C12H10N2O3S2. The van der Waals surface area contributed by atoms with Crippen LogP contribution in [0.5, 0.6) is 5.75 Å². The smallest absolute Gasteiger partial charge is 0.271 e. The van der Waals surface area contributed by atoms with Gasteiger partial charge in [-0.25, -0.2) is 8.42 Å². The first kappa shape index (κ1) is 13.4. The van der Waals surface area contributed by atoms with Crippen molar-refractivity contribution in [1.82, 2.24) is 0 Å². The molecule has 2 N–H and O–H groups in total. The van der Waals surface area contributed by atoms with E-state index in [0.29, 0.717) is 16.1 Å². The van der Waals surface area contributed by atoms with E-state index in [9.17, 15) is 13.5 Å². The lowest BCUT2D eigenvalue weighted by molar-refractivity contribution is 0.471. The molecule has 0 aliphatic rings. The van der Waals surface area contributed by atoms with Crippen LogP contribution >= 0.6 is 11.3 Å². The van der Waals surface area contributed by atoms with Gasteiger partial charge in [0.2, 0.25) is 0 Å². The molecule has 1 aromatic carbocycles. The van der Waals surface area contributed by atoms with Crippen LogP contribution in [-0.4, -0.2) is 13.5 Å². The fourth-order valence-electron chi connectivity index (χ4n) is 1.45. The normalized spacial score (nSPS) is 10.9. The number of hydrogen-bond acceptors (Lipinski definition) is 5. The molecule has 1 heterocycles. The molecule has 5 nitrogen and oxygen atoms in total. The Bertz CT molecular complexity index is 758. The van der Waals surface area contributed by atoms with E-state index in [1.807, 2.05) is 6.07 Å². The molecule has 2 aromatic rings. The zero-order valence-corrected chi connectivity index (χ0v) is 11.5. The fourth-order valence-corrected chi connectivity index (χ4v) is 3.68. The van der Waals surface area contributed by atoms with E-state index in [-0.39, 0.29) is 9.96 Å². The molecule has 0 aliphatic heterocycles. The maximum atomic E-state index is 12.1. The van der Waals surface area contributed by atoms with Gasteiger partial charge in [-0.05, 0) is 31.2 Å². The van der Waals surface area contributed by atoms with E-state index in [2.05, 4.69) is 4.72 Å². The molecule has 98 valence electrons. The van der Waals surface area contributed by atoms with Gasteiger partial charge in [0.15, 0.2) is 0 Å². The number of hydrogen-bond donors (Lipinski definition) is 2. The van der Waals surface area contributed by atoms with Crippen LogP contribution in [0.2, 0.25) is 0 Å². The van der Waals surface area contributed by atoms with Gasteiger partial charge in [0.05, 0.1) is 5.69 Å². The van der Waals surface area contributed by atoms with Gasteiger partial charge >= 0.3 is 0 Å². The number of nitrogens with zero attached hydrogens (tertiary/aromatic N) is 1. The molecule has 0 bridgehead atoms. The largest absolute Gasteiger partial charge is 0.508 e. The number of phenolic OH excluding ortho intramolecular Hbond substituents is 1. The SMILES string of the molecule is Cc1c(O)cccc1NS(=O)(=O)c1ccc(C#N)s1. The monoisotopic (exact) mass is 294 g/mol. The molecule has 0 unspecified atom stereocenters. The number of sulfonamides is 1. The highest BCUT2D eigenvalue weighted by Gasteiger charge is 2.18. The lowest BCUT2D eigenvalue weighted by Crippen LogP contribution is -2.12. The van der Waals surface area contributed by atoms with E-state index >= 15 is 0 Å². The van der Waals surface area contributed by atoms with Crippen molar-refractivity contribution in [2.24, 2.45) is 0 Å². The average molecular weight is 294 g/mol. The first-order chi connectivity index (χ1) is 8.94. The van der Waals surface area contributed by atoms with Crippen molar-refractivity contribution >= 4 is 27.0 Å². The van der Waals surface area contributed by atoms with Crippen LogP contribution < -0.4 is 4.72 Å². The van der Waals surface area contributed by atoms with Crippen LogP contribution in [0.25, 0.3) is 0 Å². The Balaban J connectivity index is 2.37. The number of rotatable bonds is 3. The molecule has 19 heavy (non-hydrogen) atoms. The third-order valence-corrected chi connectivity index (χ3v) is 5.35. The van der Waals surface area contributed by atoms with E-state index in [1.54, 1.807) is 19.1 Å². The Morgan fingerprint density at radius 1 is 1.32 bits per heavy atom. The number of nitrogens with one attached hydrogen (secondary N) is 1. The lowest BCUT2D eigenvalue weighted by Gasteiger charge is -2.09. The molecular weight excluding hydrogens is 284 g/mol. The summed E-state index contributed by atoms with van der Waals surface area (Å²) < 4.78 is 26.7.